The van der Waals surface area contributed by atoms with Gasteiger partial charge in [0.2, 0.25) is 0 Å². The summed E-state index contributed by atoms with van der Waals surface area (Å²) in [7, 11) is 0. The Morgan fingerprint density at radius 3 is 0.747 bits per heavy atom. The van der Waals surface area contributed by atoms with Gasteiger partial charge in [0, 0.05) is 19.3 Å². The predicted octanol–water partition coefficient (Wildman–Crippen LogP) is 22.8. The normalized spacial score (nSPS) is 12.2. The number of carbonyl (C=O) groups is 3. The van der Waals surface area contributed by atoms with Gasteiger partial charge in [0.1, 0.15) is 13.2 Å². The number of rotatable bonds is 62. The van der Waals surface area contributed by atoms with Crippen molar-refractivity contribution in [3.05, 3.63) is 36.5 Å². The summed E-state index contributed by atoms with van der Waals surface area (Å²) in [6.45, 7) is 6.67. The largest absolute Gasteiger partial charge is 0.462 e. The fourth-order valence-corrected chi connectivity index (χ4v) is 10.1. The minimum atomic E-state index is -0.776. The van der Waals surface area contributed by atoms with Crippen molar-refractivity contribution in [3.8, 4) is 0 Å². The average molecular weight is 1050 g/mol. The summed E-state index contributed by atoms with van der Waals surface area (Å²) in [6, 6.07) is 0. The average Bonchev–Trinajstić information content (AvgIpc) is 3.41. The molecule has 0 saturated carbocycles. The Morgan fingerprint density at radius 2 is 0.480 bits per heavy atom. The highest BCUT2D eigenvalue weighted by molar-refractivity contribution is 5.71. The summed E-state index contributed by atoms with van der Waals surface area (Å²) in [5, 5.41) is 0. The summed E-state index contributed by atoms with van der Waals surface area (Å²) in [5.74, 6) is -0.863. The molecule has 6 heteroatoms. The molecule has 0 aromatic carbocycles. The van der Waals surface area contributed by atoms with Crippen molar-refractivity contribution in [1.82, 2.24) is 0 Å². The first kappa shape index (κ1) is 72.6. The van der Waals surface area contributed by atoms with Gasteiger partial charge in [0.25, 0.3) is 0 Å². The summed E-state index contributed by atoms with van der Waals surface area (Å²) in [6.07, 6.45) is 78.9. The van der Waals surface area contributed by atoms with E-state index in [1.54, 1.807) is 0 Å². The molecule has 440 valence electrons. The van der Waals surface area contributed by atoms with Crippen molar-refractivity contribution < 1.29 is 28.6 Å². The van der Waals surface area contributed by atoms with Crippen LogP contribution in [0.2, 0.25) is 0 Å². The molecule has 1 atom stereocenters. The Bertz CT molecular complexity index is 1250. The van der Waals surface area contributed by atoms with Gasteiger partial charge in [-0.05, 0) is 57.8 Å². The van der Waals surface area contributed by atoms with Crippen LogP contribution in [0.5, 0.6) is 0 Å². The van der Waals surface area contributed by atoms with E-state index in [9.17, 15) is 14.4 Å². The zero-order valence-corrected chi connectivity index (χ0v) is 50.6. The molecule has 0 fully saturated rings. The highest BCUT2D eigenvalue weighted by Gasteiger charge is 2.19. The maximum Gasteiger partial charge on any atom is 0.306 e. The van der Waals surface area contributed by atoms with Gasteiger partial charge in [-0.1, -0.05) is 327 Å². The zero-order chi connectivity index (χ0) is 54.3. The van der Waals surface area contributed by atoms with Gasteiger partial charge in [0.15, 0.2) is 6.10 Å². The quantitative estimate of drug-likeness (QED) is 0.0261. The molecule has 0 amide bonds. The highest BCUT2D eigenvalue weighted by atomic mass is 16.6. The van der Waals surface area contributed by atoms with Crippen molar-refractivity contribution in [3.63, 3.8) is 0 Å². The van der Waals surface area contributed by atoms with E-state index in [-0.39, 0.29) is 31.1 Å². The number of hydrogen-bond donors (Lipinski definition) is 0. The lowest BCUT2D eigenvalue weighted by molar-refractivity contribution is -0.167. The second-order valence-electron chi connectivity index (χ2n) is 22.7. The van der Waals surface area contributed by atoms with Gasteiger partial charge in [-0.2, -0.15) is 0 Å². The van der Waals surface area contributed by atoms with E-state index in [0.29, 0.717) is 19.3 Å². The van der Waals surface area contributed by atoms with Gasteiger partial charge in [-0.3, -0.25) is 14.4 Å². The number of carbonyl (C=O) groups excluding carboxylic acids is 3. The fourth-order valence-electron chi connectivity index (χ4n) is 10.1. The van der Waals surface area contributed by atoms with Crippen LogP contribution < -0.4 is 0 Å². The van der Waals surface area contributed by atoms with Crippen molar-refractivity contribution in [1.29, 1.82) is 0 Å². The Morgan fingerprint density at radius 1 is 0.267 bits per heavy atom. The van der Waals surface area contributed by atoms with Crippen LogP contribution in [0.15, 0.2) is 36.5 Å². The summed E-state index contributed by atoms with van der Waals surface area (Å²) in [5.41, 5.74) is 0. The third-order valence-corrected chi connectivity index (χ3v) is 15.1. The van der Waals surface area contributed by atoms with Crippen molar-refractivity contribution in [2.24, 2.45) is 0 Å². The Kier molecular flexibility index (Phi) is 62.1. The predicted molar refractivity (Wildman–Crippen MR) is 326 cm³/mol. The fraction of sp³-hybridized carbons (Fsp3) is 0.870. The van der Waals surface area contributed by atoms with Crippen LogP contribution in [0.25, 0.3) is 0 Å². The topological polar surface area (TPSA) is 78.9 Å². The highest BCUT2D eigenvalue weighted by Crippen LogP contribution is 2.18. The molecule has 75 heavy (non-hydrogen) atoms. The van der Waals surface area contributed by atoms with Gasteiger partial charge >= 0.3 is 17.9 Å². The molecule has 0 bridgehead atoms. The van der Waals surface area contributed by atoms with Crippen LogP contribution in [0.1, 0.15) is 367 Å². The minimum Gasteiger partial charge on any atom is -0.462 e. The first-order chi connectivity index (χ1) is 37.0. The van der Waals surface area contributed by atoms with E-state index < -0.39 is 6.10 Å². The van der Waals surface area contributed by atoms with Gasteiger partial charge < -0.3 is 14.2 Å². The monoisotopic (exact) mass is 1050 g/mol. The molecule has 0 aromatic heterocycles. The maximum absolute atomic E-state index is 12.9. The second kappa shape index (κ2) is 64.2. The molecule has 0 aliphatic carbocycles. The summed E-state index contributed by atoms with van der Waals surface area (Å²) in [4.78, 5) is 38.2. The van der Waals surface area contributed by atoms with E-state index in [1.807, 2.05) is 0 Å². The third kappa shape index (κ3) is 62.4. The van der Waals surface area contributed by atoms with Crippen LogP contribution in [0.4, 0.5) is 0 Å². The number of hydrogen-bond acceptors (Lipinski definition) is 6. The first-order valence-corrected chi connectivity index (χ1v) is 33.5. The molecule has 0 radical (unpaired) electrons. The molecule has 0 saturated heterocycles. The van der Waals surface area contributed by atoms with Crippen LogP contribution >= 0.6 is 0 Å². The van der Waals surface area contributed by atoms with Crippen LogP contribution in [-0.4, -0.2) is 37.2 Å². The maximum atomic E-state index is 12.9. The van der Waals surface area contributed by atoms with Gasteiger partial charge in [-0.15, -0.1) is 0 Å². The molecular weight excluding hydrogens is 925 g/mol. The van der Waals surface area contributed by atoms with E-state index in [2.05, 4.69) is 57.2 Å². The van der Waals surface area contributed by atoms with Crippen LogP contribution in [0.3, 0.4) is 0 Å². The van der Waals surface area contributed by atoms with E-state index >= 15 is 0 Å². The van der Waals surface area contributed by atoms with Crippen LogP contribution in [0, 0.1) is 0 Å². The van der Waals surface area contributed by atoms with Gasteiger partial charge in [-0.25, -0.2) is 0 Å². The smallest absolute Gasteiger partial charge is 0.306 e. The summed E-state index contributed by atoms with van der Waals surface area (Å²) >= 11 is 0. The van der Waals surface area contributed by atoms with Crippen molar-refractivity contribution in [2.75, 3.05) is 13.2 Å². The number of ether oxygens (including phenoxy) is 3. The number of unbranched alkanes of at least 4 members (excludes halogenated alkanes) is 45. The first-order valence-electron chi connectivity index (χ1n) is 33.5. The lowest BCUT2D eigenvalue weighted by Crippen LogP contribution is -2.30. The van der Waals surface area contributed by atoms with Crippen LogP contribution in [-0.2, 0) is 28.6 Å². The second-order valence-corrected chi connectivity index (χ2v) is 22.7. The molecule has 0 aromatic rings. The zero-order valence-electron chi connectivity index (χ0n) is 50.6. The van der Waals surface area contributed by atoms with E-state index in [4.69, 9.17) is 14.2 Å². The Balaban J connectivity index is 4.18. The molecule has 1 unspecified atom stereocenters. The Labute approximate surface area is 467 Å². The molecular formula is C69H128O6. The van der Waals surface area contributed by atoms with E-state index in [0.717, 1.165) is 77.0 Å². The third-order valence-electron chi connectivity index (χ3n) is 15.1. The molecule has 0 rings (SSSR count). The lowest BCUT2D eigenvalue weighted by Gasteiger charge is -2.18. The number of allylic oxidation sites excluding steroid dienone is 6. The summed E-state index contributed by atoms with van der Waals surface area (Å²) < 4.78 is 16.9. The standard InChI is InChI=1S/C69H128O6/c1-4-7-10-13-16-19-22-24-26-28-30-32-33-34-35-36-38-39-41-43-45-47-50-53-56-59-62-68(71)74-65-66(64-73-67(70)61-58-55-52-49-21-18-15-12-9-6-3)75-69(72)63-60-57-54-51-48-46-44-42-40-37-31-29-27-25-23-20-17-14-11-8-5-2/h23,25,29,31,40,42,66H,4-22,24,26-28,30,32-39,41,43-65H2,1-3H3/b25-23-,31-29-,42-40-. The van der Waals surface area contributed by atoms with E-state index in [1.165, 1.54) is 250 Å². The lowest BCUT2D eigenvalue weighted by atomic mass is 10.0. The van der Waals surface area contributed by atoms with Crippen molar-refractivity contribution in [2.45, 2.75) is 374 Å². The van der Waals surface area contributed by atoms with Gasteiger partial charge in [0.05, 0.1) is 0 Å². The molecule has 0 aliphatic rings. The molecule has 0 heterocycles. The molecule has 0 spiro atoms. The molecule has 0 aliphatic heterocycles. The minimum absolute atomic E-state index is 0.0724. The SMILES string of the molecule is CCCCCCC/C=C\C/C=C\C/C=C\CCCCCCCCC(=O)OC(COC(=O)CCCCCCCCCCCC)COC(=O)CCCCCCCCCCCCCCCCCCCCCCCCCCCC. The Hall–Kier alpha value is -2.37. The molecule has 0 N–H and O–H groups in total. The molecule has 6 nitrogen and oxygen atoms in total. The van der Waals surface area contributed by atoms with Crippen molar-refractivity contribution >= 4 is 17.9 Å². The number of esters is 3.